The molecule has 1 unspecified atom stereocenters. The zero-order valence-electron chi connectivity index (χ0n) is 13.8. The van der Waals surface area contributed by atoms with Gasteiger partial charge in [-0.1, -0.05) is 29.8 Å². The summed E-state index contributed by atoms with van der Waals surface area (Å²) in [7, 11) is 0. The number of ether oxygens (including phenoxy) is 1. The number of morpholine rings is 1. The number of hydrogen-bond donors (Lipinski definition) is 1. The van der Waals surface area contributed by atoms with E-state index >= 15 is 0 Å². The normalized spacial score (nSPS) is 18.1. The minimum Gasteiger partial charge on any atom is -0.371 e. The van der Waals surface area contributed by atoms with E-state index in [1.54, 1.807) is 30.3 Å². The van der Waals surface area contributed by atoms with Gasteiger partial charge in [-0.3, -0.25) is 9.69 Å². The van der Waals surface area contributed by atoms with E-state index in [4.69, 9.17) is 16.3 Å². The molecule has 1 fully saturated rings. The summed E-state index contributed by atoms with van der Waals surface area (Å²) in [5.74, 6) is -0.304. The lowest BCUT2D eigenvalue weighted by molar-refractivity contribution is -0.117. The van der Waals surface area contributed by atoms with E-state index in [-0.39, 0.29) is 17.8 Å². The van der Waals surface area contributed by atoms with Gasteiger partial charge in [-0.25, -0.2) is 4.39 Å². The Balaban J connectivity index is 1.49. The van der Waals surface area contributed by atoms with E-state index in [1.807, 2.05) is 6.07 Å². The van der Waals surface area contributed by atoms with Crippen molar-refractivity contribution in [2.45, 2.75) is 12.5 Å². The lowest BCUT2D eigenvalue weighted by Gasteiger charge is -2.33. The van der Waals surface area contributed by atoms with Crippen LogP contribution in [-0.2, 0) is 9.53 Å². The van der Waals surface area contributed by atoms with Crippen LogP contribution in [0, 0.1) is 5.82 Å². The van der Waals surface area contributed by atoms with Crippen LogP contribution in [0.1, 0.15) is 18.1 Å². The summed E-state index contributed by atoms with van der Waals surface area (Å²) in [6.45, 7) is 2.71. The first-order chi connectivity index (χ1) is 12.1. The maximum absolute atomic E-state index is 13.0. The van der Waals surface area contributed by atoms with Crippen molar-refractivity contribution in [2.24, 2.45) is 0 Å². The van der Waals surface area contributed by atoms with E-state index in [0.717, 1.165) is 12.1 Å². The summed E-state index contributed by atoms with van der Waals surface area (Å²) >= 11 is 5.91. The zero-order valence-corrected chi connectivity index (χ0v) is 14.5. The van der Waals surface area contributed by atoms with Crippen molar-refractivity contribution in [1.82, 2.24) is 4.90 Å². The van der Waals surface area contributed by atoms with E-state index < -0.39 is 0 Å². The Morgan fingerprint density at radius 2 is 2.08 bits per heavy atom. The molecule has 1 aliphatic rings. The van der Waals surface area contributed by atoms with E-state index in [2.05, 4.69) is 10.2 Å². The van der Waals surface area contributed by atoms with Gasteiger partial charge in [0.25, 0.3) is 0 Å². The van der Waals surface area contributed by atoms with Crippen molar-refractivity contribution in [1.29, 1.82) is 0 Å². The number of amides is 1. The molecule has 0 aromatic heterocycles. The highest BCUT2D eigenvalue weighted by Gasteiger charge is 2.22. The molecule has 0 spiro atoms. The Morgan fingerprint density at radius 3 is 2.84 bits per heavy atom. The number of benzene rings is 2. The zero-order chi connectivity index (χ0) is 17.6. The monoisotopic (exact) mass is 362 g/mol. The van der Waals surface area contributed by atoms with Crippen LogP contribution < -0.4 is 5.32 Å². The number of rotatable bonds is 5. The molecule has 0 radical (unpaired) electrons. The summed E-state index contributed by atoms with van der Waals surface area (Å²) in [6.07, 6.45) is 0.299. The van der Waals surface area contributed by atoms with Crippen LogP contribution >= 0.6 is 11.6 Å². The number of halogens is 2. The first kappa shape index (κ1) is 17.9. The highest BCUT2D eigenvalue weighted by Crippen LogP contribution is 2.22. The molecule has 4 nitrogen and oxygen atoms in total. The number of anilines is 1. The number of nitrogens with one attached hydrogen (secondary N) is 1. The Hall–Kier alpha value is -1.95. The summed E-state index contributed by atoms with van der Waals surface area (Å²) in [5.41, 5.74) is 1.65. The molecule has 0 saturated carbocycles. The molecule has 132 valence electrons. The quantitative estimate of drug-likeness (QED) is 0.877. The van der Waals surface area contributed by atoms with Crippen LogP contribution in [0.2, 0.25) is 5.02 Å². The van der Waals surface area contributed by atoms with Crippen molar-refractivity contribution in [3.63, 3.8) is 0 Å². The van der Waals surface area contributed by atoms with Gasteiger partial charge in [-0.15, -0.1) is 0 Å². The van der Waals surface area contributed by atoms with E-state index in [0.29, 0.717) is 36.8 Å². The molecular formula is C19H20ClFN2O2. The summed E-state index contributed by atoms with van der Waals surface area (Å²) < 4.78 is 18.8. The lowest BCUT2D eigenvalue weighted by Crippen LogP contribution is -2.39. The average molecular weight is 363 g/mol. The fourth-order valence-electron chi connectivity index (χ4n) is 2.83. The first-order valence-corrected chi connectivity index (χ1v) is 8.63. The first-order valence-electron chi connectivity index (χ1n) is 8.25. The van der Waals surface area contributed by atoms with E-state index in [1.165, 1.54) is 12.1 Å². The maximum Gasteiger partial charge on any atom is 0.225 e. The molecule has 25 heavy (non-hydrogen) atoms. The fourth-order valence-corrected chi connectivity index (χ4v) is 3.02. The van der Waals surface area contributed by atoms with Crippen LogP contribution in [0.4, 0.5) is 10.1 Å². The second-order valence-corrected chi connectivity index (χ2v) is 6.46. The lowest BCUT2D eigenvalue weighted by atomic mass is 10.1. The maximum atomic E-state index is 13.0. The minimum atomic E-state index is -0.255. The molecule has 6 heteroatoms. The second-order valence-electron chi connectivity index (χ2n) is 6.02. The van der Waals surface area contributed by atoms with Crippen molar-refractivity contribution >= 4 is 23.2 Å². The molecule has 0 aliphatic carbocycles. The molecule has 2 aromatic rings. The van der Waals surface area contributed by atoms with Gasteiger partial charge in [0.05, 0.1) is 12.7 Å². The van der Waals surface area contributed by atoms with Gasteiger partial charge >= 0.3 is 0 Å². The third-order valence-electron chi connectivity index (χ3n) is 4.16. The highest BCUT2D eigenvalue weighted by molar-refractivity contribution is 6.30. The minimum absolute atomic E-state index is 0.0490. The van der Waals surface area contributed by atoms with Crippen LogP contribution in [0.25, 0.3) is 0 Å². The third-order valence-corrected chi connectivity index (χ3v) is 4.39. The van der Waals surface area contributed by atoms with Gasteiger partial charge in [0.15, 0.2) is 0 Å². The fraction of sp³-hybridized carbons (Fsp3) is 0.316. The number of carbonyl (C=O) groups is 1. The van der Waals surface area contributed by atoms with E-state index in [9.17, 15) is 9.18 Å². The summed E-state index contributed by atoms with van der Waals surface area (Å²) in [5, 5.41) is 3.44. The van der Waals surface area contributed by atoms with Gasteiger partial charge in [-0.2, -0.15) is 0 Å². The Labute approximate surface area is 151 Å². The van der Waals surface area contributed by atoms with Gasteiger partial charge in [-0.05, 0) is 35.9 Å². The molecule has 1 heterocycles. The number of nitrogens with zero attached hydrogens (tertiary/aromatic N) is 1. The molecule has 3 rings (SSSR count). The third kappa shape index (κ3) is 5.26. The Bertz CT molecular complexity index is 724. The standard InChI is InChI=1S/C19H20ClFN2O2/c20-15-2-1-3-17(12-15)22-19(24)8-9-23-10-11-25-18(13-23)14-4-6-16(21)7-5-14/h1-7,12,18H,8-11,13H2,(H,22,24). The molecule has 1 saturated heterocycles. The molecule has 0 bridgehead atoms. The largest absolute Gasteiger partial charge is 0.371 e. The van der Waals surface area contributed by atoms with Gasteiger partial charge < -0.3 is 10.1 Å². The average Bonchev–Trinajstić information content (AvgIpc) is 2.61. The molecule has 1 aliphatic heterocycles. The van der Waals surface area contributed by atoms with Crippen molar-refractivity contribution in [3.05, 3.63) is 64.9 Å². The molecular weight excluding hydrogens is 343 g/mol. The van der Waals surface area contributed by atoms with Gasteiger partial charge in [0, 0.05) is 36.8 Å². The molecule has 1 amide bonds. The molecule has 1 atom stereocenters. The van der Waals surface area contributed by atoms with Gasteiger partial charge in [0.2, 0.25) is 5.91 Å². The van der Waals surface area contributed by atoms with Crippen LogP contribution in [0.3, 0.4) is 0 Å². The Morgan fingerprint density at radius 1 is 1.28 bits per heavy atom. The highest BCUT2D eigenvalue weighted by atomic mass is 35.5. The van der Waals surface area contributed by atoms with Crippen molar-refractivity contribution in [2.75, 3.05) is 31.6 Å². The van der Waals surface area contributed by atoms with Crippen LogP contribution in [0.15, 0.2) is 48.5 Å². The Kier molecular flexibility index (Phi) is 6.02. The number of hydrogen-bond acceptors (Lipinski definition) is 3. The van der Waals surface area contributed by atoms with Crippen LogP contribution in [0.5, 0.6) is 0 Å². The summed E-state index contributed by atoms with van der Waals surface area (Å²) in [4.78, 5) is 14.3. The van der Waals surface area contributed by atoms with Crippen molar-refractivity contribution < 1.29 is 13.9 Å². The predicted octanol–water partition coefficient (Wildman–Crippen LogP) is 3.88. The SMILES string of the molecule is O=C(CCN1CCOC(c2ccc(F)cc2)C1)Nc1cccc(Cl)c1. The van der Waals surface area contributed by atoms with Crippen molar-refractivity contribution in [3.8, 4) is 0 Å². The molecule has 1 N–H and O–H groups in total. The van der Waals surface area contributed by atoms with Gasteiger partial charge in [0.1, 0.15) is 5.82 Å². The predicted molar refractivity (Wildman–Crippen MR) is 96.2 cm³/mol. The molecule has 2 aromatic carbocycles. The second kappa shape index (κ2) is 8.43. The number of carbonyl (C=O) groups excluding carboxylic acids is 1. The summed E-state index contributed by atoms with van der Waals surface area (Å²) in [6, 6.07) is 13.5. The van der Waals surface area contributed by atoms with Crippen LogP contribution in [-0.4, -0.2) is 37.0 Å². The smallest absolute Gasteiger partial charge is 0.225 e. The topological polar surface area (TPSA) is 41.6 Å².